The number of alkyl halides is 1. The third-order valence-electron chi connectivity index (χ3n) is 6.01. The van der Waals surface area contributed by atoms with E-state index >= 15 is 0 Å². The van der Waals surface area contributed by atoms with Gasteiger partial charge in [-0.15, -0.1) is 0 Å². The molecule has 9 heteroatoms. The smallest absolute Gasteiger partial charge is 0.341 e. The Kier molecular flexibility index (Phi) is 7.45. The van der Waals surface area contributed by atoms with Crippen molar-refractivity contribution in [1.82, 2.24) is 15.0 Å². The molecule has 0 bridgehead atoms. The first-order valence-corrected chi connectivity index (χ1v) is 13.1. The molecule has 2 aromatic heterocycles. The van der Waals surface area contributed by atoms with E-state index in [0.29, 0.717) is 38.6 Å². The first kappa shape index (κ1) is 25.5. The zero-order valence-corrected chi connectivity index (χ0v) is 22.7. The van der Waals surface area contributed by atoms with Crippen LogP contribution in [-0.4, -0.2) is 35.1 Å². The Balaban J connectivity index is 1.65. The van der Waals surface area contributed by atoms with Gasteiger partial charge in [-0.3, -0.25) is 4.98 Å². The molecule has 5 rings (SSSR count). The van der Waals surface area contributed by atoms with Gasteiger partial charge in [0.1, 0.15) is 22.9 Å². The lowest BCUT2D eigenvalue weighted by atomic mass is 10.0. The normalized spacial score (nSPS) is 10.8. The van der Waals surface area contributed by atoms with E-state index in [1.807, 2.05) is 36.4 Å². The molecule has 0 spiro atoms. The van der Waals surface area contributed by atoms with Crippen LogP contribution in [0.4, 0.5) is 15.9 Å². The van der Waals surface area contributed by atoms with Gasteiger partial charge in [-0.25, -0.2) is 19.2 Å². The number of carbonyl (C=O) groups is 1. The second-order valence-corrected chi connectivity index (χ2v) is 9.10. The number of anilines is 2. The standard InChI is InChI=1S/C29H22FIN4O3/c1-37-26-14-18(5-8-22(26)29(36)38-2)17-6-10-25-23(13-17)28(33-21-7-9-24(30)20(12-21)15-31)35-27(34-25)19-4-3-11-32-16-19/h3-14,16H,15H2,1-2H3,(H,33,34,35). The maximum atomic E-state index is 14.1. The number of carbonyl (C=O) groups excluding carboxylic acids is 1. The topological polar surface area (TPSA) is 86.2 Å². The molecule has 0 saturated carbocycles. The number of halogens is 2. The lowest BCUT2D eigenvalue weighted by Gasteiger charge is -2.14. The van der Waals surface area contributed by atoms with Gasteiger partial charge in [0, 0.05) is 33.5 Å². The molecule has 0 aliphatic rings. The molecule has 0 aliphatic heterocycles. The van der Waals surface area contributed by atoms with Crippen molar-refractivity contribution in [2.45, 2.75) is 4.43 Å². The minimum atomic E-state index is -0.472. The number of nitrogens with zero attached hydrogens (tertiary/aromatic N) is 3. The van der Waals surface area contributed by atoms with Crippen LogP contribution >= 0.6 is 22.6 Å². The summed E-state index contributed by atoms with van der Waals surface area (Å²) in [4.78, 5) is 25.9. The van der Waals surface area contributed by atoms with Crippen LogP contribution in [0.15, 0.2) is 79.1 Å². The van der Waals surface area contributed by atoms with Gasteiger partial charge < -0.3 is 14.8 Å². The number of benzene rings is 3. The van der Waals surface area contributed by atoms with Crippen molar-refractivity contribution in [3.05, 3.63) is 96.1 Å². The Morgan fingerprint density at radius 1 is 0.974 bits per heavy atom. The highest BCUT2D eigenvalue weighted by Gasteiger charge is 2.16. The highest BCUT2D eigenvalue weighted by Crippen LogP contribution is 2.33. The number of aromatic nitrogens is 3. The van der Waals surface area contributed by atoms with Crippen LogP contribution in [-0.2, 0) is 9.16 Å². The number of esters is 1. The van der Waals surface area contributed by atoms with Crippen molar-refractivity contribution < 1.29 is 18.7 Å². The Bertz CT molecular complexity index is 1650. The van der Waals surface area contributed by atoms with E-state index in [-0.39, 0.29) is 5.82 Å². The highest BCUT2D eigenvalue weighted by molar-refractivity contribution is 14.1. The van der Waals surface area contributed by atoms with Crippen LogP contribution in [0.5, 0.6) is 5.75 Å². The molecule has 0 saturated heterocycles. The van der Waals surface area contributed by atoms with Crippen molar-refractivity contribution in [1.29, 1.82) is 0 Å². The average molecular weight is 620 g/mol. The Hall–Kier alpha value is -4.12. The summed E-state index contributed by atoms with van der Waals surface area (Å²) in [5.41, 5.74) is 4.86. The summed E-state index contributed by atoms with van der Waals surface area (Å²) in [5.74, 6) is 0.773. The van der Waals surface area contributed by atoms with Crippen molar-refractivity contribution in [3.8, 4) is 28.3 Å². The Morgan fingerprint density at radius 3 is 2.53 bits per heavy atom. The summed E-state index contributed by atoms with van der Waals surface area (Å²) in [6.07, 6.45) is 3.40. The fraction of sp³-hybridized carbons (Fsp3) is 0.103. The van der Waals surface area contributed by atoms with Gasteiger partial charge in [-0.05, 0) is 71.3 Å². The van der Waals surface area contributed by atoms with E-state index in [4.69, 9.17) is 19.4 Å². The molecule has 3 aromatic carbocycles. The molecule has 190 valence electrons. The van der Waals surface area contributed by atoms with Crippen LogP contribution in [0.1, 0.15) is 15.9 Å². The number of methoxy groups -OCH3 is 2. The molecule has 38 heavy (non-hydrogen) atoms. The van der Waals surface area contributed by atoms with Gasteiger partial charge in [-0.2, -0.15) is 0 Å². The lowest BCUT2D eigenvalue weighted by molar-refractivity contribution is 0.0597. The van der Waals surface area contributed by atoms with Crippen LogP contribution in [0.2, 0.25) is 0 Å². The predicted molar refractivity (Wildman–Crippen MR) is 154 cm³/mol. The molecular formula is C29H22FIN4O3. The third kappa shape index (κ3) is 5.14. The summed E-state index contributed by atoms with van der Waals surface area (Å²) in [5, 5.41) is 4.13. The van der Waals surface area contributed by atoms with Crippen LogP contribution in [0.25, 0.3) is 33.4 Å². The number of pyridine rings is 1. The number of hydrogen-bond acceptors (Lipinski definition) is 7. The first-order valence-electron chi connectivity index (χ1n) is 11.6. The number of nitrogens with one attached hydrogen (secondary N) is 1. The average Bonchev–Trinajstić information content (AvgIpc) is 2.97. The van der Waals surface area contributed by atoms with Crippen molar-refractivity contribution in [2.24, 2.45) is 0 Å². The summed E-state index contributed by atoms with van der Waals surface area (Å²) in [7, 11) is 2.84. The zero-order valence-electron chi connectivity index (χ0n) is 20.5. The second kappa shape index (κ2) is 11.1. The molecule has 0 radical (unpaired) electrons. The van der Waals surface area contributed by atoms with E-state index in [1.165, 1.54) is 20.3 Å². The summed E-state index contributed by atoms with van der Waals surface area (Å²) >= 11 is 2.14. The molecule has 7 nitrogen and oxygen atoms in total. The molecule has 0 atom stereocenters. The van der Waals surface area contributed by atoms with Gasteiger partial charge in [0.15, 0.2) is 5.82 Å². The number of hydrogen-bond donors (Lipinski definition) is 1. The van der Waals surface area contributed by atoms with Gasteiger partial charge in [-0.1, -0.05) is 34.7 Å². The van der Waals surface area contributed by atoms with Crippen LogP contribution < -0.4 is 10.1 Å². The molecular weight excluding hydrogens is 598 g/mol. The zero-order chi connectivity index (χ0) is 26.6. The number of ether oxygens (including phenoxy) is 2. The van der Waals surface area contributed by atoms with E-state index < -0.39 is 5.97 Å². The van der Waals surface area contributed by atoms with Crippen molar-refractivity contribution in [2.75, 3.05) is 19.5 Å². The summed E-state index contributed by atoms with van der Waals surface area (Å²) < 4.78 is 25.0. The maximum absolute atomic E-state index is 14.1. The minimum absolute atomic E-state index is 0.250. The quantitative estimate of drug-likeness (QED) is 0.120. The second-order valence-electron chi connectivity index (χ2n) is 8.34. The van der Waals surface area contributed by atoms with E-state index in [2.05, 4.69) is 32.9 Å². The summed E-state index contributed by atoms with van der Waals surface area (Å²) in [6.45, 7) is 0. The number of rotatable bonds is 7. The maximum Gasteiger partial charge on any atom is 0.341 e. The molecule has 2 heterocycles. The minimum Gasteiger partial charge on any atom is -0.496 e. The molecule has 1 N–H and O–H groups in total. The SMILES string of the molecule is COC(=O)c1ccc(-c2ccc3nc(-c4cccnc4)nc(Nc4ccc(F)c(CI)c4)c3c2)cc1OC. The lowest BCUT2D eigenvalue weighted by Crippen LogP contribution is -2.04. The molecule has 0 amide bonds. The number of fused-ring (bicyclic) bond motifs is 1. The fourth-order valence-corrected chi connectivity index (χ4v) is 4.65. The Labute approximate surface area is 232 Å². The summed E-state index contributed by atoms with van der Waals surface area (Å²) in [6, 6.07) is 19.8. The monoisotopic (exact) mass is 620 g/mol. The van der Waals surface area contributed by atoms with Crippen LogP contribution in [0, 0.1) is 5.82 Å². The van der Waals surface area contributed by atoms with Gasteiger partial charge in [0.2, 0.25) is 0 Å². The Morgan fingerprint density at radius 2 is 1.79 bits per heavy atom. The van der Waals surface area contributed by atoms with E-state index in [9.17, 15) is 9.18 Å². The highest BCUT2D eigenvalue weighted by atomic mass is 127. The molecule has 0 fully saturated rings. The van der Waals surface area contributed by atoms with Gasteiger partial charge >= 0.3 is 5.97 Å². The van der Waals surface area contributed by atoms with E-state index in [0.717, 1.165) is 27.6 Å². The third-order valence-corrected chi connectivity index (χ3v) is 6.83. The molecule has 5 aromatic rings. The van der Waals surface area contributed by atoms with Crippen molar-refractivity contribution in [3.63, 3.8) is 0 Å². The van der Waals surface area contributed by atoms with Crippen molar-refractivity contribution >= 4 is 51.0 Å². The van der Waals surface area contributed by atoms with Gasteiger partial charge in [0.05, 0.1) is 19.7 Å². The van der Waals surface area contributed by atoms with Crippen LogP contribution in [0.3, 0.4) is 0 Å². The van der Waals surface area contributed by atoms with Gasteiger partial charge in [0.25, 0.3) is 0 Å². The fourth-order valence-electron chi connectivity index (χ4n) is 4.07. The molecule has 0 aliphatic carbocycles. The molecule has 0 unspecified atom stereocenters. The first-order chi connectivity index (χ1) is 18.5. The van der Waals surface area contributed by atoms with E-state index in [1.54, 1.807) is 36.7 Å². The predicted octanol–water partition coefficient (Wildman–Crippen LogP) is 6.97. The largest absolute Gasteiger partial charge is 0.496 e.